The number of aromatic nitrogens is 1. The van der Waals surface area contributed by atoms with Crippen LogP contribution in [0, 0.1) is 11.7 Å². The number of likely N-dealkylation sites (tertiary alicyclic amines) is 1. The van der Waals surface area contributed by atoms with Gasteiger partial charge in [0.25, 0.3) is 5.91 Å². The molecule has 1 aromatic heterocycles. The van der Waals surface area contributed by atoms with Crippen LogP contribution >= 0.6 is 0 Å². The molecule has 0 unspecified atom stereocenters. The fraction of sp³-hybridized carbons (Fsp3) is 0.545. The van der Waals surface area contributed by atoms with Crippen LogP contribution in [0.4, 0.5) is 4.39 Å². The van der Waals surface area contributed by atoms with E-state index in [9.17, 15) is 14.3 Å². The number of aromatic amines is 1. The van der Waals surface area contributed by atoms with Gasteiger partial charge in [-0.2, -0.15) is 0 Å². The Morgan fingerprint density at radius 1 is 1.62 bits per heavy atom. The van der Waals surface area contributed by atoms with E-state index >= 15 is 0 Å². The van der Waals surface area contributed by atoms with E-state index in [4.69, 9.17) is 0 Å². The number of carbonyl (C=O) groups excluding carboxylic acids is 1. The van der Waals surface area contributed by atoms with Gasteiger partial charge in [-0.25, -0.2) is 4.39 Å². The second kappa shape index (κ2) is 4.25. The number of H-pyrrole nitrogens is 1. The average molecular weight is 226 g/mol. The van der Waals surface area contributed by atoms with Gasteiger partial charge in [0.2, 0.25) is 0 Å². The predicted molar refractivity (Wildman–Crippen MR) is 56.4 cm³/mol. The number of nitrogens with one attached hydrogen (secondary N) is 1. The molecule has 2 heterocycles. The second-order valence-corrected chi connectivity index (χ2v) is 4.44. The van der Waals surface area contributed by atoms with Gasteiger partial charge in [-0.15, -0.1) is 0 Å². The second-order valence-electron chi connectivity index (χ2n) is 4.44. The summed E-state index contributed by atoms with van der Waals surface area (Å²) in [4.78, 5) is 16.1. The molecular weight excluding hydrogens is 211 g/mol. The number of hydrogen-bond donors (Lipinski definition) is 2. The van der Waals surface area contributed by atoms with Crippen molar-refractivity contribution >= 4 is 5.91 Å². The summed E-state index contributed by atoms with van der Waals surface area (Å²) < 4.78 is 12.8. The van der Waals surface area contributed by atoms with Gasteiger partial charge in [0.05, 0.1) is 6.10 Å². The van der Waals surface area contributed by atoms with E-state index < -0.39 is 11.9 Å². The molecule has 1 saturated heterocycles. The SMILES string of the molecule is C[C@@H]1C[C@H](O)CN(C(=O)c2cc(F)c[nH]2)C1. The van der Waals surface area contributed by atoms with E-state index in [1.165, 1.54) is 6.07 Å². The van der Waals surface area contributed by atoms with Gasteiger partial charge in [0.1, 0.15) is 11.5 Å². The molecule has 2 rings (SSSR count). The van der Waals surface area contributed by atoms with Crippen molar-refractivity contribution in [1.82, 2.24) is 9.88 Å². The van der Waals surface area contributed by atoms with E-state index in [1.54, 1.807) is 4.90 Å². The number of piperidine rings is 1. The van der Waals surface area contributed by atoms with E-state index in [2.05, 4.69) is 4.98 Å². The quantitative estimate of drug-likeness (QED) is 0.750. The highest BCUT2D eigenvalue weighted by Crippen LogP contribution is 2.18. The normalized spacial score (nSPS) is 25.8. The number of carbonyl (C=O) groups is 1. The molecule has 0 radical (unpaired) electrons. The number of hydrogen-bond acceptors (Lipinski definition) is 2. The third-order valence-corrected chi connectivity index (χ3v) is 2.80. The molecule has 5 heteroatoms. The van der Waals surface area contributed by atoms with Crippen LogP contribution in [0.1, 0.15) is 23.8 Å². The lowest BCUT2D eigenvalue weighted by Gasteiger charge is -2.33. The van der Waals surface area contributed by atoms with Crippen LogP contribution in [0.5, 0.6) is 0 Å². The molecule has 1 amide bonds. The largest absolute Gasteiger partial charge is 0.391 e. The molecule has 0 spiro atoms. The number of aliphatic hydroxyl groups excluding tert-OH is 1. The standard InChI is InChI=1S/C11H15FN2O2/c1-7-2-9(15)6-14(5-7)11(16)10-3-8(12)4-13-10/h3-4,7,9,13,15H,2,5-6H2,1H3/t7-,9+/m1/s1. The van der Waals surface area contributed by atoms with Crippen molar-refractivity contribution in [3.05, 3.63) is 23.8 Å². The number of halogens is 1. The first kappa shape index (κ1) is 11.1. The van der Waals surface area contributed by atoms with Gasteiger partial charge < -0.3 is 15.0 Å². The molecule has 16 heavy (non-hydrogen) atoms. The van der Waals surface area contributed by atoms with Gasteiger partial charge in [-0.3, -0.25) is 4.79 Å². The third-order valence-electron chi connectivity index (χ3n) is 2.80. The minimum absolute atomic E-state index is 0.235. The van der Waals surface area contributed by atoms with Crippen LogP contribution in [0.2, 0.25) is 0 Å². The molecule has 0 bridgehead atoms. The Balaban J connectivity index is 2.09. The fourth-order valence-corrected chi connectivity index (χ4v) is 2.15. The van der Waals surface area contributed by atoms with Crippen LogP contribution in [-0.4, -0.2) is 40.1 Å². The van der Waals surface area contributed by atoms with E-state index in [1.807, 2.05) is 6.92 Å². The summed E-state index contributed by atoms with van der Waals surface area (Å²) in [7, 11) is 0. The maximum Gasteiger partial charge on any atom is 0.270 e. The van der Waals surface area contributed by atoms with Gasteiger partial charge in [0, 0.05) is 25.4 Å². The Kier molecular flexibility index (Phi) is 2.96. The van der Waals surface area contributed by atoms with Crippen molar-refractivity contribution < 1.29 is 14.3 Å². The Hall–Kier alpha value is -1.36. The van der Waals surface area contributed by atoms with Crippen molar-refractivity contribution in [2.24, 2.45) is 5.92 Å². The first-order valence-electron chi connectivity index (χ1n) is 5.37. The summed E-state index contributed by atoms with van der Waals surface area (Å²) in [5.74, 6) is -0.434. The van der Waals surface area contributed by atoms with E-state index in [0.717, 1.165) is 6.20 Å². The van der Waals surface area contributed by atoms with Crippen molar-refractivity contribution in [2.75, 3.05) is 13.1 Å². The zero-order valence-corrected chi connectivity index (χ0v) is 9.11. The molecule has 88 valence electrons. The Labute approximate surface area is 93.1 Å². The molecular formula is C11H15FN2O2. The van der Waals surface area contributed by atoms with Gasteiger partial charge in [0.15, 0.2) is 0 Å². The molecule has 1 aliphatic heterocycles. The van der Waals surface area contributed by atoms with Crippen LogP contribution in [0.3, 0.4) is 0 Å². The molecule has 0 aromatic carbocycles. The summed E-state index contributed by atoms with van der Waals surface area (Å²) in [5.41, 5.74) is 0.235. The van der Waals surface area contributed by atoms with E-state index in [0.29, 0.717) is 19.5 Å². The number of β-amino-alcohol motifs (C(OH)–C–C–N with tert-alkyl or cyclic N) is 1. The summed E-state index contributed by atoms with van der Waals surface area (Å²) in [6.45, 7) is 2.91. The van der Waals surface area contributed by atoms with Crippen LogP contribution < -0.4 is 0 Å². The lowest BCUT2D eigenvalue weighted by Crippen LogP contribution is -2.45. The highest BCUT2D eigenvalue weighted by molar-refractivity contribution is 5.92. The first-order chi connectivity index (χ1) is 7.56. The summed E-state index contributed by atoms with van der Waals surface area (Å²) >= 11 is 0. The van der Waals surface area contributed by atoms with Crippen LogP contribution in [0.15, 0.2) is 12.3 Å². The van der Waals surface area contributed by atoms with Gasteiger partial charge in [-0.1, -0.05) is 6.92 Å². The molecule has 2 N–H and O–H groups in total. The summed E-state index contributed by atoms with van der Waals surface area (Å²) in [6.07, 6.45) is 1.38. The Morgan fingerprint density at radius 2 is 2.38 bits per heavy atom. The summed E-state index contributed by atoms with van der Waals surface area (Å²) in [5, 5.41) is 9.57. The molecule has 1 aliphatic rings. The molecule has 2 atom stereocenters. The van der Waals surface area contributed by atoms with Crippen LogP contribution in [0.25, 0.3) is 0 Å². The number of amides is 1. The molecule has 0 saturated carbocycles. The average Bonchev–Trinajstić information content (AvgIpc) is 2.62. The predicted octanol–water partition coefficient (Wildman–Crippen LogP) is 0.997. The zero-order chi connectivity index (χ0) is 11.7. The smallest absolute Gasteiger partial charge is 0.270 e. The molecule has 0 aliphatic carbocycles. The first-order valence-corrected chi connectivity index (χ1v) is 5.37. The molecule has 4 nitrogen and oxygen atoms in total. The van der Waals surface area contributed by atoms with Crippen molar-refractivity contribution in [3.8, 4) is 0 Å². The van der Waals surface area contributed by atoms with Crippen LogP contribution in [-0.2, 0) is 0 Å². The maximum absolute atomic E-state index is 12.8. The van der Waals surface area contributed by atoms with Crippen molar-refractivity contribution in [3.63, 3.8) is 0 Å². The molecule has 1 fully saturated rings. The fourth-order valence-electron chi connectivity index (χ4n) is 2.15. The zero-order valence-electron chi connectivity index (χ0n) is 9.11. The number of rotatable bonds is 1. The van der Waals surface area contributed by atoms with Crippen molar-refractivity contribution in [2.45, 2.75) is 19.4 Å². The minimum atomic E-state index is -0.479. The maximum atomic E-state index is 12.8. The third kappa shape index (κ3) is 2.24. The lowest BCUT2D eigenvalue weighted by molar-refractivity contribution is 0.0335. The van der Waals surface area contributed by atoms with E-state index in [-0.39, 0.29) is 17.5 Å². The van der Waals surface area contributed by atoms with Gasteiger partial charge in [-0.05, 0) is 12.3 Å². The highest BCUT2D eigenvalue weighted by Gasteiger charge is 2.27. The molecule has 1 aromatic rings. The van der Waals surface area contributed by atoms with Crippen molar-refractivity contribution in [1.29, 1.82) is 0 Å². The monoisotopic (exact) mass is 226 g/mol. The summed E-state index contributed by atoms with van der Waals surface area (Å²) in [6, 6.07) is 1.17. The Bertz CT molecular complexity index is 381. The minimum Gasteiger partial charge on any atom is -0.391 e. The number of aliphatic hydroxyl groups is 1. The number of nitrogens with zero attached hydrogens (tertiary/aromatic N) is 1. The lowest BCUT2D eigenvalue weighted by atomic mass is 9.98. The Morgan fingerprint density at radius 3 is 2.94 bits per heavy atom. The topological polar surface area (TPSA) is 56.3 Å². The highest BCUT2D eigenvalue weighted by atomic mass is 19.1. The van der Waals surface area contributed by atoms with Gasteiger partial charge >= 0.3 is 0 Å².